The van der Waals surface area contributed by atoms with Gasteiger partial charge in [-0.3, -0.25) is 14.7 Å². The number of H-pyrrole nitrogens is 1. The average molecular weight is 340 g/mol. The molecule has 0 radical (unpaired) electrons. The van der Waals surface area contributed by atoms with Gasteiger partial charge in [-0.15, -0.1) is 0 Å². The van der Waals surface area contributed by atoms with Crippen molar-refractivity contribution in [2.75, 3.05) is 13.1 Å². The van der Waals surface area contributed by atoms with Crippen LogP contribution in [-0.4, -0.2) is 40.0 Å². The maximum Gasteiger partial charge on any atom is 0.269 e. The number of nitrogens with two attached hydrogens (primary N) is 1. The van der Waals surface area contributed by atoms with Crippen molar-refractivity contribution < 1.29 is 9.59 Å². The molecule has 3 N–H and O–H groups in total. The predicted octanol–water partition coefficient (Wildman–Crippen LogP) is 2.16. The number of aromatic nitrogens is 2. The van der Waals surface area contributed by atoms with Crippen molar-refractivity contribution in [1.82, 2.24) is 15.1 Å². The van der Waals surface area contributed by atoms with E-state index < -0.39 is 5.91 Å². The van der Waals surface area contributed by atoms with Gasteiger partial charge < -0.3 is 10.6 Å². The molecule has 0 spiro atoms. The van der Waals surface area contributed by atoms with Gasteiger partial charge in [0.1, 0.15) is 5.69 Å². The lowest BCUT2D eigenvalue weighted by Crippen LogP contribution is -2.38. The third kappa shape index (κ3) is 4.26. The Labute approximate surface area is 147 Å². The van der Waals surface area contributed by atoms with Gasteiger partial charge in [-0.05, 0) is 37.8 Å². The molecule has 6 nitrogen and oxygen atoms in total. The highest BCUT2D eigenvalue weighted by Crippen LogP contribution is 2.27. The largest absolute Gasteiger partial charge is 0.364 e. The summed E-state index contributed by atoms with van der Waals surface area (Å²) in [5.74, 6) is -0.0184. The van der Waals surface area contributed by atoms with Crippen LogP contribution in [0.15, 0.2) is 30.3 Å². The van der Waals surface area contributed by atoms with E-state index in [1.165, 1.54) is 11.1 Å². The second kappa shape index (κ2) is 7.51. The summed E-state index contributed by atoms with van der Waals surface area (Å²) < 4.78 is 0. The number of nitrogens with zero attached hydrogens (tertiary/aromatic N) is 2. The number of likely N-dealkylation sites (tertiary alicyclic amines) is 1. The van der Waals surface area contributed by atoms with E-state index in [1.807, 2.05) is 11.0 Å². The minimum absolute atomic E-state index is 0.211. The number of aromatic amines is 1. The topological polar surface area (TPSA) is 92.1 Å². The van der Waals surface area contributed by atoms with Crippen molar-refractivity contribution in [2.24, 2.45) is 5.73 Å². The number of carbonyl (C=O) groups excluding carboxylic acids is 2. The van der Waals surface area contributed by atoms with Gasteiger partial charge >= 0.3 is 0 Å². The van der Waals surface area contributed by atoms with Crippen LogP contribution in [0.2, 0.25) is 0 Å². The van der Waals surface area contributed by atoms with Gasteiger partial charge in [0.25, 0.3) is 5.91 Å². The van der Waals surface area contributed by atoms with Crippen LogP contribution >= 0.6 is 0 Å². The number of piperidine rings is 1. The van der Waals surface area contributed by atoms with Gasteiger partial charge in [-0.2, -0.15) is 5.10 Å². The molecule has 1 saturated heterocycles. The molecule has 0 aliphatic carbocycles. The fraction of sp³-hybridized carbons (Fsp3) is 0.421. The smallest absolute Gasteiger partial charge is 0.269 e. The molecule has 2 aromatic rings. The van der Waals surface area contributed by atoms with Crippen LogP contribution in [-0.2, 0) is 11.2 Å². The van der Waals surface area contributed by atoms with Gasteiger partial charge in [0, 0.05) is 31.1 Å². The third-order valence-corrected chi connectivity index (χ3v) is 4.85. The minimum Gasteiger partial charge on any atom is -0.364 e. The van der Waals surface area contributed by atoms with E-state index in [-0.39, 0.29) is 11.6 Å². The van der Waals surface area contributed by atoms with Gasteiger partial charge in [0.15, 0.2) is 0 Å². The third-order valence-electron chi connectivity index (χ3n) is 4.85. The van der Waals surface area contributed by atoms with E-state index in [1.54, 1.807) is 6.07 Å². The molecule has 1 aromatic heterocycles. The Bertz CT molecular complexity index is 760. The Morgan fingerprint density at radius 1 is 1.28 bits per heavy atom. The highest BCUT2D eigenvalue weighted by Gasteiger charge is 2.25. The van der Waals surface area contributed by atoms with Crippen LogP contribution in [0, 0.1) is 6.92 Å². The molecule has 2 heterocycles. The number of primary amides is 1. The van der Waals surface area contributed by atoms with Crippen LogP contribution in [0.1, 0.15) is 52.5 Å². The van der Waals surface area contributed by atoms with Crippen molar-refractivity contribution in [2.45, 2.75) is 38.5 Å². The normalized spacial score (nSPS) is 15.3. The van der Waals surface area contributed by atoms with Crippen molar-refractivity contribution in [3.8, 4) is 0 Å². The number of amides is 2. The van der Waals surface area contributed by atoms with Gasteiger partial charge in [-0.1, -0.05) is 29.8 Å². The summed E-state index contributed by atoms with van der Waals surface area (Å²) in [6, 6.07) is 10.0. The molecule has 2 amide bonds. The second-order valence-electron chi connectivity index (χ2n) is 6.72. The molecule has 1 fully saturated rings. The lowest BCUT2D eigenvalue weighted by atomic mass is 9.93. The van der Waals surface area contributed by atoms with E-state index in [2.05, 4.69) is 35.3 Å². The number of benzene rings is 1. The zero-order valence-corrected chi connectivity index (χ0v) is 14.5. The molecule has 0 saturated carbocycles. The monoisotopic (exact) mass is 340 g/mol. The van der Waals surface area contributed by atoms with Gasteiger partial charge in [0.05, 0.1) is 0 Å². The molecule has 0 bridgehead atoms. The summed E-state index contributed by atoms with van der Waals surface area (Å²) in [7, 11) is 0. The average Bonchev–Trinajstić information content (AvgIpc) is 3.10. The van der Waals surface area contributed by atoms with E-state index in [9.17, 15) is 9.59 Å². The molecule has 132 valence electrons. The van der Waals surface area contributed by atoms with E-state index in [4.69, 9.17) is 5.73 Å². The fourth-order valence-electron chi connectivity index (χ4n) is 3.39. The summed E-state index contributed by atoms with van der Waals surface area (Å²) >= 11 is 0. The first-order chi connectivity index (χ1) is 12.0. The van der Waals surface area contributed by atoms with Crippen LogP contribution in [0.25, 0.3) is 0 Å². The van der Waals surface area contributed by atoms with Crippen molar-refractivity contribution in [1.29, 1.82) is 0 Å². The predicted molar refractivity (Wildman–Crippen MR) is 95.2 cm³/mol. The Hall–Kier alpha value is -2.63. The fourth-order valence-corrected chi connectivity index (χ4v) is 3.39. The summed E-state index contributed by atoms with van der Waals surface area (Å²) in [5.41, 5.74) is 8.87. The lowest BCUT2D eigenvalue weighted by molar-refractivity contribution is -0.132. The van der Waals surface area contributed by atoms with Gasteiger partial charge in [0.2, 0.25) is 5.91 Å². The molecule has 0 unspecified atom stereocenters. The summed E-state index contributed by atoms with van der Waals surface area (Å²) in [5, 5.41) is 6.83. The number of aryl methyl sites for hydroxylation is 2. The van der Waals surface area contributed by atoms with E-state index in [0.717, 1.165) is 38.0 Å². The Morgan fingerprint density at radius 3 is 2.68 bits per heavy atom. The number of nitrogens with one attached hydrogen (secondary N) is 1. The molecule has 3 rings (SSSR count). The summed E-state index contributed by atoms with van der Waals surface area (Å²) in [4.78, 5) is 25.5. The van der Waals surface area contributed by atoms with Crippen molar-refractivity contribution in [3.05, 3.63) is 52.8 Å². The first kappa shape index (κ1) is 17.2. The number of hydrogen-bond donors (Lipinski definition) is 2. The maximum atomic E-state index is 12.4. The standard InChI is InChI=1S/C19H24N4O2/c1-13-3-2-4-14(11-13)5-6-18(24)23-9-7-15(8-10-23)16-12-17(19(20)25)22-21-16/h2-4,11-12,15H,5-10H2,1H3,(H2,20,25)(H,21,22). The zero-order valence-electron chi connectivity index (χ0n) is 14.5. The molecule has 1 aromatic carbocycles. The molecule has 6 heteroatoms. The number of rotatable bonds is 5. The second-order valence-corrected chi connectivity index (χ2v) is 6.72. The first-order valence-corrected chi connectivity index (χ1v) is 8.71. The van der Waals surface area contributed by atoms with Crippen LogP contribution in [0.3, 0.4) is 0 Å². The van der Waals surface area contributed by atoms with Crippen molar-refractivity contribution >= 4 is 11.8 Å². The Morgan fingerprint density at radius 2 is 2.04 bits per heavy atom. The Balaban J connectivity index is 1.49. The minimum atomic E-state index is -0.522. The maximum absolute atomic E-state index is 12.4. The first-order valence-electron chi connectivity index (χ1n) is 8.71. The lowest BCUT2D eigenvalue weighted by Gasteiger charge is -2.31. The van der Waals surface area contributed by atoms with Gasteiger partial charge in [-0.25, -0.2) is 0 Å². The highest BCUT2D eigenvalue weighted by molar-refractivity contribution is 5.90. The van der Waals surface area contributed by atoms with Crippen molar-refractivity contribution in [3.63, 3.8) is 0 Å². The summed E-state index contributed by atoms with van der Waals surface area (Å²) in [6.45, 7) is 3.54. The molecule has 0 atom stereocenters. The summed E-state index contributed by atoms with van der Waals surface area (Å²) in [6.07, 6.45) is 3.07. The molecule has 25 heavy (non-hydrogen) atoms. The highest BCUT2D eigenvalue weighted by atomic mass is 16.2. The molecule has 1 aliphatic heterocycles. The SMILES string of the molecule is Cc1cccc(CCC(=O)N2CCC(c3cc(C(N)=O)n[nH]3)CC2)c1. The molecule has 1 aliphatic rings. The van der Waals surface area contributed by atoms with E-state index in [0.29, 0.717) is 12.3 Å². The Kier molecular flexibility index (Phi) is 5.16. The van der Waals surface area contributed by atoms with Crippen LogP contribution in [0.5, 0.6) is 0 Å². The van der Waals surface area contributed by atoms with Crippen LogP contribution in [0.4, 0.5) is 0 Å². The molecular formula is C19H24N4O2. The number of hydrogen-bond acceptors (Lipinski definition) is 3. The zero-order chi connectivity index (χ0) is 17.8. The van der Waals surface area contributed by atoms with E-state index >= 15 is 0 Å². The van der Waals surface area contributed by atoms with Crippen LogP contribution < -0.4 is 5.73 Å². The number of carbonyl (C=O) groups is 2. The quantitative estimate of drug-likeness (QED) is 0.873. The molecular weight excluding hydrogens is 316 g/mol.